The maximum Gasteiger partial charge on any atom is 0.323 e. The summed E-state index contributed by atoms with van der Waals surface area (Å²) in [7, 11) is 1.62. The van der Waals surface area contributed by atoms with Gasteiger partial charge in [-0.05, 0) is 38.0 Å². The molecule has 0 aliphatic carbocycles. The Balaban J connectivity index is 2.07. The van der Waals surface area contributed by atoms with Crippen LogP contribution in [0, 0.1) is 5.82 Å². The standard InChI is InChI=1S/C20H29FN2O4S/c1-4-27-20(25)15(2)22(10-5-12-26-3)14-18(24)23-11-13-28-19(23)16-6-8-17(21)9-7-16/h6-9,15,19H,4-5,10-14H2,1-3H3/t15-,19-/m1/s1. The number of methoxy groups -OCH3 is 1. The molecule has 6 nitrogen and oxygen atoms in total. The van der Waals surface area contributed by atoms with Gasteiger partial charge in [0, 0.05) is 32.6 Å². The van der Waals surface area contributed by atoms with Crippen molar-refractivity contribution in [3.8, 4) is 0 Å². The second kappa shape index (κ2) is 11.4. The average molecular weight is 413 g/mol. The molecular weight excluding hydrogens is 383 g/mol. The van der Waals surface area contributed by atoms with Crippen LogP contribution >= 0.6 is 11.8 Å². The number of ether oxygens (including phenoxy) is 2. The molecule has 28 heavy (non-hydrogen) atoms. The number of nitrogens with zero attached hydrogens (tertiary/aromatic N) is 2. The highest BCUT2D eigenvalue weighted by molar-refractivity contribution is 7.99. The highest BCUT2D eigenvalue weighted by Crippen LogP contribution is 2.38. The largest absolute Gasteiger partial charge is 0.465 e. The van der Waals surface area contributed by atoms with Gasteiger partial charge < -0.3 is 14.4 Å². The zero-order valence-electron chi connectivity index (χ0n) is 16.7. The molecule has 156 valence electrons. The van der Waals surface area contributed by atoms with Gasteiger partial charge in [0.25, 0.3) is 0 Å². The number of esters is 1. The molecule has 1 aromatic rings. The monoisotopic (exact) mass is 412 g/mol. The second-order valence-corrected chi connectivity index (χ2v) is 7.79. The first-order valence-electron chi connectivity index (χ1n) is 9.54. The normalized spacial score (nSPS) is 17.8. The Morgan fingerprint density at radius 3 is 2.71 bits per heavy atom. The molecule has 8 heteroatoms. The topological polar surface area (TPSA) is 59.1 Å². The molecule has 1 fully saturated rings. The fourth-order valence-electron chi connectivity index (χ4n) is 3.13. The molecule has 0 aromatic heterocycles. The van der Waals surface area contributed by atoms with Gasteiger partial charge in [-0.15, -0.1) is 11.8 Å². The van der Waals surface area contributed by atoms with Crippen molar-refractivity contribution in [1.29, 1.82) is 0 Å². The highest BCUT2D eigenvalue weighted by Gasteiger charge is 2.33. The summed E-state index contributed by atoms with van der Waals surface area (Å²) in [5.74, 6) is 0.147. The fraction of sp³-hybridized carbons (Fsp3) is 0.600. The van der Waals surface area contributed by atoms with Crippen molar-refractivity contribution >= 4 is 23.6 Å². The van der Waals surface area contributed by atoms with Gasteiger partial charge in [0.1, 0.15) is 17.2 Å². The molecule has 0 unspecified atom stereocenters. The van der Waals surface area contributed by atoms with E-state index in [2.05, 4.69) is 0 Å². The van der Waals surface area contributed by atoms with Crippen LogP contribution in [0.1, 0.15) is 31.2 Å². The van der Waals surface area contributed by atoms with Crippen molar-refractivity contribution in [2.45, 2.75) is 31.7 Å². The van der Waals surface area contributed by atoms with Gasteiger partial charge in [0.15, 0.2) is 0 Å². The number of rotatable bonds is 10. The molecule has 0 saturated carbocycles. The molecule has 2 atom stereocenters. The van der Waals surface area contributed by atoms with E-state index in [1.165, 1.54) is 12.1 Å². The number of benzene rings is 1. The van der Waals surface area contributed by atoms with E-state index in [-0.39, 0.29) is 29.6 Å². The zero-order valence-corrected chi connectivity index (χ0v) is 17.5. The quantitative estimate of drug-likeness (QED) is 0.435. The first kappa shape index (κ1) is 22.6. The predicted octanol–water partition coefficient (Wildman–Crippen LogP) is 2.69. The lowest BCUT2D eigenvalue weighted by Crippen LogP contribution is -2.47. The van der Waals surface area contributed by atoms with Crippen LogP contribution in [0.4, 0.5) is 4.39 Å². The lowest BCUT2D eigenvalue weighted by molar-refractivity contribution is -0.150. The van der Waals surface area contributed by atoms with Crippen LogP contribution in [0.5, 0.6) is 0 Å². The summed E-state index contributed by atoms with van der Waals surface area (Å²) in [5, 5.41) is -0.133. The Hall–Kier alpha value is -1.64. The maximum absolute atomic E-state index is 13.2. The minimum absolute atomic E-state index is 0.0482. The maximum atomic E-state index is 13.2. The Kier molecular flexibility index (Phi) is 9.21. The van der Waals surface area contributed by atoms with Crippen molar-refractivity contribution in [2.75, 3.05) is 45.7 Å². The van der Waals surface area contributed by atoms with Gasteiger partial charge >= 0.3 is 5.97 Å². The summed E-state index contributed by atoms with van der Waals surface area (Å²) in [4.78, 5) is 28.9. The van der Waals surface area contributed by atoms with Gasteiger partial charge in [-0.25, -0.2) is 4.39 Å². The van der Waals surface area contributed by atoms with Crippen molar-refractivity contribution in [2.24, 2.45) is 0 Å². The number of halogens is 1. The lowest BCUT2D eigenvalue weighted by atomic mass is 10.2. The molecule has 1 aromatic carbocycles. The molecule has 0 bridgehead atoms. The molecule has 1 aliphatic heterocycles. The van der Waals surface area contributed by atoms with E-state index < -0.39 is 6.04 Å². The van der Waals surface area contributed by atoms with E-state index in [4.69, 9.17) is 9.47 Å². The van der Waals surface area contributed by atoms with E-state index >= 15 is 0 Å². The number of carbonyl (C=O) groups excluding carboxylic acids is 2. The van der Waals surface area contributed by atoms with Gasteiger partial charge in [-0.1, -0.05) is 12.1 Å². The third-order valence-corrected chi connectivity index (χ3v) is 5.93. The van der Waals surface area contributed by atoms with E-state index in [9.17, 15) is 14.0 Å². The van der Waals surface area contributed by atoms with Crippen LogP contribution in [-0.4, -0.2) is 73.4 Å². The molecule has 1 heterocycles. The van der Waals surface area contributed by atoms with Crippen molar-refractivity contribution in [1.82, 2.24) is 9.80 Å². The molecule has 1 aliphatic rings. The fourth-order valence-corrected chi connectivity index (χ4v) is 4.40. The average Bonchev–Trinajstić information content (AvgIpc) is 3.17. The van der Waals surface area contributed by atoms with Crippen LogP contribution < -0.4 is 0 Å². The summed E-state index contributed by atoms with van der Waals surface area (Å²) in [6.07, 6.45) is 0.712. The number of hydrogen-bond donors (Lipinski definition) is 0. The molecular formula is C20H29FN2O4S. The molecule has 0 N–H and O–H groups in total. The van der Waals surface area contributed by atoms with Crippen LogP contribution in [-0.2, 0) is 19.1 Å². The van der Waals surface area contributed by atoms with Crippen molar-refractivity contribution in [3.63, 3.8) is 0 Å². The van der Waals surface area contributed by atoms with E-state index in [0.29, 0.717) is 32.7 Å². The first-order chi connectivity index (χ1) is 13.5. The van der Waals surface area contributed by atoms with Crippen LogP contribution in [0.15, 0.2) is 24.3 Å². The summed E-state index contributed by atoms with van der Waals surface area (Å²) in [6, 6.07) is 5.75. The van der Waals surface area contributed by atoms with Gasteiger partial charge in [0.2, 0.25) is 5.91 Å². The minimum atomic E-state index is -0.514. The summed E-state index contributed by atoms with van der Waals surface area (Å²) in [5.41, 5.74) is 0.904. The summed E-state index contributed by atoms with van der Waals surface area (Å²) < 4.78 is 23.4. The Morgan fingerprint density at radius 1 is 1.36 bits per heavy atom. The number of hydrogen-bond acceptors (Lipinski definition) is 6. The van der Waals surface area contributed by atoms with Gasteiger partial charge in [-0.3, -0.25) is 14.5 Å². The van der Waals surface area contributed by atoms with E-state index in [1.54, 1.807) is 49.8 Å². The number of thioether (sulfide) groups is 1. The Morgan fingerprint density at radius 2 is 2.07 bits per heavy atom. The van der Waals surface area contributed by atoms with E-state index in [0.717, 1.165) is 11.3 Å². The molecule has 0 radical (unpaired) electrons. The minimum Gasteiger partial charge on any atom is -0.465 e. The van der Waals surface area contributed by atoms with Crippen molar-refractivity contribution in [3.05, 3.63) is 35.6 Å². The highest BCUT2D eigenvalue weighted by atomic mass is 32.2. The van der Waals surface area contributed by atoms with Crippen LogP contribution in [0.25, 0.3) is 0 Å². The lowest BCUT2D eigenvalue weighted by Gasteiger charge is -2.31. The number of carbonyl (C=O) groups is 2. The SMILES string of the molecule is CCOC(=O)[C@@H](C)N(CCCOC)CC(=O)N1CCS[C@@H]1c1ccc(F)cc1. The molecule has 1 amide bonds. The van der Waals surface area contributed by atoms with Gasteiger partial charge in [-0.2, -0.15) is 0 Å². The number of amides is 1. The Bertz CT molecular complexity index is 644. The summed E-state index contributed by atoms with van der Waals surface area (Å²) >= 11 is 1.66. The molecule has 0 spiro atoms. The first-order valence-corrected chi connectivity index (χ1v) is 10.6. The van der Waals surface area contributed by atoms with E-state index in [1.807, 2.05) is 4.90 Å². The van der Waals surface area contributed by atoms with Crippen molar-refractivity contribution < 1.29 is 23.5 Å². The van der Waals surface area contributed by atoms with Gasteiger partial charge in [0.05, 0.1) is 13.2 Å². The zero-order chi connectivity index (χ0) is 20.5. The molecule has 2 rings (SSSR count). The molecule has 1 saturated heterocycles. The summed E-state index contributed by atoms with van der Waals surface area (Å²) in [6.45, 7) is 5.69. The van der Waals surface area contributed by atoms with Crippen LogP contribution in [0.3, 0.4) is 0 Å². The second-order valence-electron chi connectivity index (χ2n) is 6.61. The Labute approximate surface area is 170 Å². The predicted molar refractivity (Wildman–Crippen MR) is 107 cm³/mol. The smallest absolute Gasteiger partial charge is 0.323 e. The third-order valence-electron chi connectivity index (χ3n) is 4.67. The van der Waals surface area contributed by atoms with Crippen LogP contribution in [0.2, 0.25) is 0 Å². The third kappa shape index (κ3) is 6.18.